The number of nitrogens with zero attached hydrogens (tertiary/aromatic N) is 2. The van der Waals surface area contributed by atoms with Gasteiger partial charge in [-0.2, -0.15) is 4.98 Å². The van der Waals surface area contributed by atoms with E-state index in [-0.39, 0.29) is 6.61 Å². The van der Waals surface area contributed by atoms with Crippen molar-refractivity contribution in [3.63, 3.8) is 0 Å². The summed E-state index contributed by atoms with van der Waals surface area (Å²) >= 11 is 3.45. The zero-order valence-corrected chi connectivity index (χ0v) is 13.0. The van der Waals surface area contributed by atoms with E-state index in [1.165, 1.54) is 0 Å². The van der Waals surface area contributed by atoms with E-state index in [4.69, 9.17) is 15.0 Å². The van der Waals surface area contributed by atoms with Crippen LogP contribution in [0.5, 0.6) is 5.75 Å². The minimum Gasteiger partial charge on any atom is -0.483 e. The summed E-state index contributed by atoms with van der Waals surface area (Å²) in [5.74, 6) is 2.02. The van der Waals surface area contributed by atoms with E-state index in [1.807, 2.05) is 18.2 Å². The molecule has 2 aromatic rings. The van der Waals surface area contributed by atoms with E-state index in [0.29, 0.717) is 12.4 Å². The van der Waals surface area contributed by atoms with Crippen LogP contribution in [0.4, 0.5) is 0 Å². The molecule has 0 aliphatic heterocycles. The van der Waals surface area contributed by atoms with Gasteiger partial charge in [0.15, 0.2) is 12.4 Å². The zero-order chi connectivity index (χ0) is 14.4. The molecule has 0 fully saturated rings. The zero-order valence-electron chi connectivity index (χ0n) is 11.4. The molecule has 0 unspecified atom stereocenters. The number of benzene rings is 1. The van der Waals surface area contributed by atoms with Crippen LogP contribution in [0.3, 0.4) is 0 Å². The Bertz CT molecular complexity index is 557. The highest BCUT2D eigenvalue weighted by Crippen LogP contribution is 2.24. The summed E-state index contributed by atoms with van der Waals surface area (Å²) in [7, 11) is 0. The number of hydrogen-bond acceptors (Lipinski definition) is 5. The van der Waals surface area contributed by atoms with E-state index in [0.717, 1.165) is 40.9 Å². The van der Waals surface area contributed by atoms with Crippen LogP contribution in [0.25, 0.3) is 0 Å². The Kier molecular flexibility index (Phi) is 5.55. The summed E-state index contributed by atoms with van der Waals surface area (Å²) in [4.78, 5) is 4.27. The first-order valence-corrected chi connectivity index (χ1v) is 7.45. The van der Waals surface area contributed by atoms with Gasteiger partial charge in [-0.05, 0) is 43.1 Å². The molecular weight excluding hydrogens is 322 g/mol. The lowest BCUT2D eigenvalue weighted by molar-refractivity contribution is 0.240. The highest BCUT2D eigenvalue weighted by Gasteiger charge is 2.09. The second-order valence-corrected chi connectivity index (χ2v) is 5.35. The Labute approximate surface area is 126 Å². The molecule has 0 aliphatic rings. The molecular formula is C14H18BrN3O2. The summed E-state index contributed by atoms with van der Waals surface area (Å²) in [6, 6.07) is 5.86. The molecule has 2 N–H and O–H groups in total. The predicted molar refractivity (Wildman–Crippen MR) is 79.5 cm³/mol. The quantitative estimate of drug-likeness (QED) is 0.839. The van der Waals surface area contributed by atoms with Crippen LogP contribution in [-0.4, -0.2) is 16.7 Å². The van der Waals surface area contributed by atoms with Crippen molar-refractivity contribution in [3.05, 3.63) is 40.0 Å². The third kappa shape index (κ3) is 4.05. The molecule has 5 nitrogen and oxygen atoms in total. The SMILES string of the molecule is CCCc1noc(COc2ccc(Br)cc2CCN)n1. The highest BCUT2D eigenvalue weighted by molar-refractivity contribution is 9.10. The Morgan fingerprint density at radius 2 is 2.20 bits per heavy atom. The smallest absolute Gasteiger partial charge is 0.264 e. The molecule has 108 valence electrons. The topological polar surface area (TPSA) is 74.2 Å². The number of aromatic nitrogens is 2. The first kappa shape index (κ1) is 15.0. The van der Waals surface area contributed by atoms with Crippen molar-refractivity contribution in [2.75, 3.05) is 6.54 Å². The maximum atomic E-state index is 5.75. The van der Waals surface area contributed by atoms with Gasteiger partial charge < -0.3 is 15.0 Å². The molecule has 0 saturated carbocycles. The molecule has 0 aliphatic carbocycles. The second kappa shape index (κ2) is 7.40. The van der Waals surface area contributed by atoms with Crippen LogP contribution in [0.15, 0.2) is 27.2 Å². The van der Waals surface area contributed by atoms with E-state index in [2.05, 4.69) is 33.0 Å². The molecule has 0 saturated heterocycles. The van der Waals surface area contributed by atoms with Gasteiger partial charge in [0.25, 0.3) is 5.89 Å². The molecule has 20 heavy (non-hydrogen) atoms. The first-order valence-electron chi connectivity index (χ1n) is 6.65. The maximum absolute atomic E-state index is 5.75. The minimum atomic E-state index is 0.274. The lowest BCUT2D eigenvalue weighted by Crippen LogP contribution is -2.05. The molecule has 6 heteroatoms. The van der Waals surface area contributed by atoms with Crippen LogP contribution >= 0.6 is 15.9 Å². The normalized spacial score (nSPS) is 10.8. The molecule has 1 aromatic heterocycles. The van der Waals surface area contributed by atoms with Crippen LogP contribution in [0.1, 0.15) is 30.6 Å². The minimum absolute atomic E-state index is 0.274. The number of hydrogen-bond donors (Lipinski definition) is 1. The average Bonchev–Trinajstić information content (AvgIpc) is 2.86. The summed E-state index contributed by atoms with van der Waals surface area (Å²) in [5, 5.41) is 3.90. The Morgan fingerprint density at radius 1 is 1.35 bits per heavy atom. The average molecular weight is 340 g/mol. The first-order chi connectivity index (χ1) is 9.72. The van der Waals surface area contributed by atoms with Crippen molar-refractivity contribution < 1.29 is 9.26 Å². The van der Waals surface area contributed by atoms with Gasteiger partial charge in [-0.15, -0.1) is 0 Å². The van der Waals surface area contributed by atoms with Crippen LogP contribution in [0.2, 0.25) is 0 Å². The molecule has 2 rings (SSSR count). The Hall–Kier alpha value is -1.40. The van der Waals surface area contributed by atoms with Gasteiger partial charge in [0.1, 0.15) is 5.75 Å². The number of ether oxygens (including phenoxy) is 1. The predicted octanol–water partition coefficient (Wildman–Crippen LogP) is 2.86. The van der Waals surface area contributed by atoms with Crippen LogP contribution in [-0.2, 0) is 19.4 Å². The number of aryl methyl sites for hydroxylation is 1. The second-order valence-electron chi connectivity index (χ2n) is 4.43. The molecule has 0 radical (unpaired) electrons. The molecule has 0 spiro atoms. The van der Waals surface area contributed by atoms with E-state index in [9.17, 15) is 0 Å². The van der Waals surface area contributed by atoms with Gasteiger partial charge in [0.2, 0.25) is 0 Å². The van der Waals surface area contributed by atoms with Crippen molar-refractivity contribution in [3.8, 4) is 5.75 Å². The van der Waals surface area contributed by atoms with Crippen molar-refractivity contribution in [1.82, 2.24) is 10.1 Å². The van der Waals surface area contributed by atoms with Gasteiger partial charge in [-0.1, -0.05) is 28.0 Å². The molecule has 0 bridgehead atoms. The monoisotopic (exact) mass is 339 g/mol. The third-order valence-corrected chi connectivity index (χ3v) is 3.26. The Morgan fingerprint density at radius 3 is 2.95 bits per heavy atom. The van der Waals surface area contributed by atoms with Gasteiger partial charge in [-0.25, -0.2) is 0 Å². The summed E-state index contributed by atoms with van der Waals surface area (Å²) < 4.78 is 11.9. The molecule has 1 heterocycles. The fourth-order valence-electron chi connectivity index (χ4n) is 1.85. The van der Waals surface area contributed by atoms with Crippen LogP contribution in [0, 0.1) is 0 Å². The lowest BCUT2D eigenvalue weighted by atomic mass is 10.1. The fourth-order valence-corrected chi connectivity index (χ4v) is 2.26. The van der Waals surface area contributed by atoms with Crippen molar-refractivity contribution in [2.45, 2.75) is 32.8 Å². The van der Waals surface area contributed by atoms with Crippen molar-refractivity contribution in [1.29, 1.82) is 0 Å². The van der Waals surface area contributed by atoms with Gasteiger partial charge in [0, 0.05) is 10.9 Å². The van der Waals surface area contributed by atoms with E-state index in [1.54, 1.807) is 0 Å². The summed E-state index contributed by atoms with van der Waals surface area (Å²) in [6.45, 7) is 2.93. The van der Waals surface area contributed by atoms with Gasteiger partial charge in [-0.3, -0.25) is 0 Å². The van der Waals surface area contributed by atoms with Crippen molar-refractivity contribution in [2.24, 2.45) is 5.73 Å². The number of nitrogens with two attached hydrogens (primary N) is 1. The lowest BCUT2D eigenvalue weighted by Gasteiger charge is -2.09. The summed E-state index contributed by atoms with van der Waals surface area (Å²) in [5.41, 5.74) is 6.68. The number of rotatable bonds is 7. The molecule has 0 amide bonds. The maximum Gasteiger partial charge on any atom is 0.264 e. The van der Waals surface area contributed by atoms with Gasteiger partial charge in [0.05, 0.1) is 0 Å². The van der Waals surface area contributed by atoms with E-state index < -0.39 is 0 Å². The van der Waals surface area contributed by atoms with Gasteiger partial charge >= 0.3 is 0 Å². The largest absolute Gasteiger partial charge is 0.483 e. The summed E-state index contributed by atoms with van der Waals surface area (Å²) in [6.07, 6.45) is 2.58. The standard InChI is InChI=1S/C14H18BrN3O2/c1-2-3-13-17-14(20-18-13)9-19-12-5-4-11(15)8-10(12)6-7-16/h4-5,8H,2-3,6-7,9,16H2,1H3. The third-order valence-electron chi connectivity index (χ3n) is 2.77. The van der Waals surface area contributed by atoms with Crippen molar-refractivity contribution >= 4 is 15.9 Å². The highest BCUT2D eigenvalue weighted by atomic mass is 79.9. The fraction of sp³-hybridized carbons (Fsp3) is 0.429. The molecule has 0 atom stereocenters. The van der Waals surface area contributed by atoms with E-state index >= 15 is 0 Å². The Balaban J connectivity index is 2.02. The number of halogens is 1. The van der Waals surface area contributed by atoms with Crippen LogP contribution < -0.4 is 10.5 Å². The molecule has 1 aromatic carbocycles.